The summed E-state index contributed by atoms with van der Waals surface area (Å²) in [5.41, 5.74) is 2.69. The number of ether oxygens (including phenoxy) is 1. The first-order valence-corrected chi connectivity index (χ1v) is 10.0. The largest absolute Gasteiger partial charge is 0.490 e. The lowest BCUT2D eigenvalue weighted by Crippen LogP contribution is -2.35. The Morgan fingerprint density at radius 1 is 1.15 bits per heavy atom. The van der Waals surface area contributed by atoms with E-state index >= 15 is 0 Å². The minimum absolute atomic E-state index is 0.142. The molecule has 0 bridgehead atoms. The maximum absolute atomic E-state index is 12.7. The Hall–Kier alpha value is -1.39. The highest BCUT2D eigenvalue weighted by Crippen LogP contribution is 2.27. The fraction of sp³-hybridized carbons (Fsp3) is 0.682. The van der Waals surface area contributed by atoms with Crippen molar-refractivity contribution < 1.29 is 14.6 Å². The highest BCUT2D eigenvalue weighted by molar-refractivity contribution is 6.00. The van der Waals surface area contributed by atoms with Crippen LogP contribution in [0.4, 0.5) is 0 Å². The first kappa shape index (κ1) is 22.7. The van der Waals surface area contributed by atoms with Crippen molar-refractivity contribution in [1.82, 2.24) is 5.32 Å². The van der Waals surface area contributed by atoms with Crippen LogP contribution in [0.15, 0.2) is 12.1 Å². The zero-order valence-corrected chi connectivity index (χ0v) is 17.2. The number of carbonyl (C=O) groups excluding carboxylic acids is 1. The van der Waals surface area contributed by atoms with Crippen molar-refractivity contribution in [2.75, 3.05) is 13.2 Å². The number of Topliss-reactive ketones (excluding diaryl/α,β-unsaturated/α-hetero) is 1. The minimum Gasteiger partial charge on any atom is -0.490 e. The standard InChI is InChI=1S/C22H37NO3/c1-6-7-8-9-10-11-20(25)22-18(5)12-17(4)13-21(22)26-15-19(24)14-23-16(2)3/h12-13,16,19,23-24H,6-11,14-15H2,1-5H3/t19-/m0/s1. The molecule has 0 aliphatic heterocycles. The monoisotopic (exact) mass is 363 g/mol. The van der Waals surface area contributed by atoms with Gasteiger partial charge in [0.2, 0.25) is 0 Å². The van der Waals surface area contributed by atoms with Gasteiger partial charge in [-0.05, 0) is 37.5 Å². The average Bonchev–Trinajstić information content (AvgIpc) is 2.57. The second-order valence-electron chi connectivity index (χ2n) is 7.57. The van der Waals surface area contributed by atoms with Crippen LogP contribution in [-0.4, -0.2) is 36.2 Å². The predicted molar refractivity (Wildman–Crippen MR) is 108 cm³/mol. The number of aliphatic hydroxyl groups is 1. The predicted octanol–water partition coefficient (Wildman–Crippen LogP) is 4.58. The molecule has 0 saturated carbocycles. The summed E-state index contributed by atoms with van der Waals surface area (Å²) >= 11 is 0. The summed E-state index contributed by atoms with van der Waals surface area (Å²) in [4.78, 5) is 12.7. The number of rotatable bonds is 13. The highest BCUT2D eigenvalue weighted by atomic mass is 16.5. The Morgan fingerprint density at radius 3 is 2.50 bits per heavy atom. The molecule has 0 amide bonds. The number of hydrogen-bond acceptors (Lipinski definition) is 4. The van der Waals surface area contributed by atoms with Gasteiger partial charge in [0.25, 0.3) is 0 Å². The van der Waals surface area contributed by atoms with E-state index in [1.54, 1.807) is 0 Å². The van der Waals surface area contributed by atoms with Gasteiger partial charge in [-0.1, -0.05) is 52.5 Å². The Kier molecular flexibility index (Phi) is 10.5. The van der Waals surface area contributed by atoms with E-state index in [2.05, 4.69) is 12.2 Å². The van der Waals surface area contributed by atoms with Crippen molar-refractivity contribution in [2.24, 2.45) is 0 Å². The van der Waals surface area contributed by atoms with E-state index in [1.165, 1.54) is 19.3 Å². The second kappa shape index (κ2) is 12.1. The Balaban J connectivity index is 2.71. The lowest BCUT2D eigenvalue weighted by Gasteiger charge is -2.18. The van der Waals surface area contributed by atoms with E-state index in [0.29, 0.717) is 30.3 Å². The summed E-state index contributed by atoms with van der Waals surface area (Å²) in [7, 11) is 0. The third-order valence-electron chi connectivity index (χ3n) is 4.42. The molecule has 148 valence electrons. The number of benzene rings is 1. The van der Waals surface area contributed by atoms with E-state index < -0.39 is 6.10 Å². The van der Waals surface area contributed by atoms with Crippen molar-refractivity contribution in [3.63, 3.8) is 0 Å². The summed E-state index contributed by atoms with van der Waals surface area (Å²) in [5.74, 6) is 0.744. The smallest absolute Gasteiger partial charge is 0.166 e. The molecular weight excluding hydrogens is 326 g/mol. The van der Waals surface area contributed by atoms with E-state index in [0.717, 1.165) is 24.0 Å². The van der Waals surface area contributed by atoms with Gasteiger partial charge in [0.15, 0.2) is 5.78 Å². The molecule has 0 heterocycles. The average molecular weight is 364 g/mol. The fourth-order valence-electron chi connectivity index (χ4n) is 3.03. The van der Waals surface area contributed by atoms with Crippen LogP contribution in [0, 0.1) is 13.8 Å². The number of hydrogen-bond donors (Lipinski definition) is 2. The van der Waals surface area contributed by atoms with Crippen LogP contribution in [0.1, 0.15) is 80.8 Å². The molecule has 4 nitrogen and oxygen atoms in total. The summed E-state index contributed by atoms with van der Waals surface area (Å²) < 4.78 is 5.85. The topological polar surface area (TPSA) is 58.6 Å². The van der Waals surface area contributed by atoms with Gasteiger partial charge in [-0.2, -0.15) is 0 Å². The minimum atomic E-state index is -0.602. The van der Waals surface area contributed by atoms with E-state index in [9.17, 15) is 9.90 Å². The molecule has 0 saturated heterocycles. The molecule has 0 aliphatic carbocycles. The zero-order chi connectivity index (χ0) is 19.5. The number of aliphatic hydroxyl groups excluding tert-OH is 1. The lowest BCUT2D eigenvalue weighted by molar-refractivity contribution is 0.0942. The van der Waals surface area contributed by atoms with Gasteiger partial charge in [-0.25, -0.2) is 0 Å². The highest BCUT2D eigenvalue weighted by Gasteiger charge is 2.17. The fourth-order valence-corrected chi connectivity index (χ4v) is 3.03. The molecule has 1 rings (SSSR count). The SMILES string of the molecule is CCCCCCCC(=O)c1c(C)cc(C)cc1OC[C@@H](O)CNC(C)C. The van der Waals surface area contributed by atoms with E-state index in [-0.39, 0.29) is 12.4 Å². The van der Waals surface area contributed by atoms with Gasteiger partial charge >= 0.3 is 0 Å². The third-order valence-corrected chi connectivity index (χ3v) is 4.42. The molecule has 0 unspecified atom stereocenters. The van der Waals surface area contributed by atoms with Gasteiger partial charge in [-0.3, -0.25) is 4.79 Å². The van der Waals surface area contributed by atoms with Crippen molar-refractivity contribution in [1.29, 1.82) is 0 Å². The van der Waals surface area contributed by atoms with E-state index in [4.69, 9.17) is 4.74 Å². The van der Waals surface area contributed by atoms with Crippen molar-refractivity contribution >= 4 is 5.78 Å². The van der Waals surface area contributed by atoms with Crippen molar-refractivity contribution in [3.8, 4) is 5.75 Å². The Labute approximate surface area is 159 Å². The number of unbranched alkanes of at least 4 members (excludes halogenated alkanes) is 4. The van der Waals surface area contributed by atoms with Gasteiger partial charge in [0.1, 0.15) is 18.5 Å². The number of ketones is 1. The van der Waals surface area contributed by atoms with Crippen LogP contribution >= 0.6 is 0 Å². The molecule has 1 aromatic rings. The molecule has 26 heavy (non-hydrogen) atoms. The quantitative estimate of drug-likeness (QED) is 0.398. The maximum Gasteiger partial charge on any atom is 0.166 e. The molecule has 1 atom stereocenters. The summed E-state index contributed by atoms with van der Waals surface area (Å²) in [6.07, 6.45) is 5.60. The van der Waals surface area contributed by atoms with Crippen LogP contribution in [0.3, 0.4) is 0 Å². The molecular formula is C22H37NO3. The molecule has 2 N–H and O–H groups in total. The van der Waals surface area contributed by atoms with Crippen LogP contribution in [0.25, 0.3) is 0 Å². The van der Waals surface area contributed by atoms with Crippen LogP contribution in [0.2, 0.25) is 0 Å². The van der Waals surface area contributed by atoms with Gasteiger partial charge in [0, 0.05) is 19.0 Å². The van der Waals surface area contributed by atoms with Crippen LogP contribution in [-0.2, 0) is 0 Å². The first-order valence-electron chi connectivity index (χ1n) is 10.0. The van der Waals surface area contributed by atoms with Crippen molar-refractivity contribution in [2.45, 2.75) is 85.3 Å². The molecule has 0 spiro atoms. The lowest BCUT2D eigenvalue weighted by atomic mass is 9.97. The number of nitrogens with one attached hydrogen (secondary N) is 1. The summed E-state index contributed by atoms with van der Waals surface area (Å²) in [6.45, 7) is 10.9. The molecule has 4 heteroatoms. The molecule has 0 aliphatic rings. The summed E-state index contributed by atoms with van der Waals surface area (Å²) in [6, 6.07) is 4.24. The van der Waals surface area contributed by atoms with Crippen LogP contribution < -0.4 is 10.1 Å². The second-order valence-corrected chi connectivity index (χ2v) is 7.57. The normalized spacial score (nSPS) is 12.4. The number of carbonyl (C=O) groups is 1. The van der Waals surface area contributed by atoms with Gasteiger partial charge in [0.05, 0.1) is 5.56 Å². The molecule has 1 aromatic carbocycles. The van der Waals surface area contributed by atoms with Crippen LogP contribution in [0.5, 0.6) is 5.75 Å². The summed E-state index contributed by atoms with van der Waals surface area (Å²) in [5, 5.41) is 13.3. The third kappa shape index (κ3) is 8.33. The van der Waals surface area contributed by atoms with Crippen molar-refractivity contribution in [3.05, 3.63) is 28.8 Å². The first-order chi connectivity index (χ1) is 12.3. The Morgan fingerprint density at radius 2 is 1.85 bits per heavy atom. The van der Waals surface area contributed by atoms with Gasteiger partial charge < -0.3 is 15.2 Å². The number of aryl methyl sites for hydroxylation is 2. The Bertz CT molecular complexity index is 555. The van der Waals surface area contributed by atoms with Gasteiger partial charge in [-0.15, -0.1) is 0 Å². The molecule has 0 radical (unpaired) electrons. The maximum atomic E-state index is 12.7. The van der Waals surface area contributed by atoms with E-state index in [1.807, 2.05) is 39.8 Å². The molecule has 0 fully saturated rings. The zero-order valence-electron chi connectivity index (χ0n) is 17.2. The molecule has 0 aromatic heterocycles.